The first-order valence-electron chi connectivity index (χ1n) is 6.45. The van der Waals surface area contributed by atoms with Crippen LogP contribution >= 0.6 is 0 Å². The van der Waals surface area contributed by atoms with Crippen molar-refractivity contribution in [3.05, 3.63) is 71.5 Å². The van der Waals surface area contributed by atoms with Gasteiger partial charge in [-0.25, -0.2) is 9.59 Å². The number of carbonyl (C=O) groups is 2. The smallest absolute Gasteiger partial charge is 0.342 e. The summed E-state index contributed by atoms with van der Waals surface area (Å²) in [7, 11) is 1.57. The van der Waals surface area contributed by atoms with E-state index in [-0.39, 0.29) is 11.1 Å². The van der Waals surface area contributed by atoms with Gasteiger partial charge in [0.1, 0.15) is 5.75 Å². The molecule has 0 spiro atoms. The van der Waals surface area contributed by atoms with Crippen molar-refractivity contribution >= 4 is 18.0 Å². The van der Waals surface area contributed by atoms with Crippen molar-refractivity contribution in [2.75, 3.05) is 7.11 Å². The van der Waals surface area contributed by atoms with E-state index in [4.69, 9.17) is 14.6 Å². The lowest BCUT2D eigenvalue weighted by Gasteiger charge is -2.02. The van der Waals surface area contributed by atoms with Crippen molar-refractivity contribution in [3.63, 3.8) is 0 Å². The molecule has 2 rings (SSSR count). The molecule has 0 aliphatic rings. The van der Waals surface area contributed by atoms with Crippen LogP contribution in [0.25, 0.3) is 6.08 Å². The molecule has 0 unspecified atom stereocenters. The maximum Gasteiger partial charge on any atom is 0.342 e. The van der Waals surface area contributed by atoms with E-state index in [1.807, 2.05) is 12.1 Å². The zero-order valence-electron chi connectivity index (χ0n) is 11.9. The number of methoxy groups -OCH3 is 1. The molecule has 2 aromatic carbocycles. The number of esters is 1. The van der Waals surface area contributed by atoms with Gasteiger partial charge in [-0.15, -0.1) is 0 Å². The molecule has 0 aliphatic carbocycles. The van der Waals surface area contributed by atoms with Crippen molar-refractivity contribution in [1.29, 1.82) is 0 Å². The van der Waals surface area contributed by atoms with Crippen LogP contribution in [0, 0.1) is 0 Å². The van der Waals surface area contributed by atoms with E-state index in [2.05, 4.69) is 0 Å². The van der Waals surface area contributed by atoms with Gasteiger partial charge in [-0.05, 0) is 42.0 Å². The highest BCUT2D eigenvalue weighted by atomic mass is 16.5. The van der Waals surface area contributed by atoms with Crippen LogP contribution in [0.2, 0.25) is 0 Å². The normalized spacial score (nSPS) is 10.4. The summed E-state index contributed by atoms with van der Waals surface area (Å²) in [6.45, 7) is 0. The molecule has 5 nitrogen and oxygen atoms in total. The van der Waals surface area contributed by atoms with Crippen LogP contribution in [0.3, 0.4) is 0 Å². The third-order valence-electron chi connectivity index (χ3n) is 2.87. The summed E-state index contributed by atoms with van der Waals surface area (Å²) >= 11 is 0. The minimum Gasteiger partial charge on any atom is -0.497 e. The molecule has 0 radical (unpaired) electrons. The first kappa shape index (κ1) is 15.3. The van der Waals surface area contributed by atoms with Crippen molar-refractivity contribution in [2.24, 2.45) is 0 Å². The summed E-state index contributed by atoms with van der Waals surface area (Å²) in [5.74, 6) is -1.02. The van der Waals surface area contributed by atoms with Gasteiger partial charge in [0.25, 0.3) is 0 Å². The van der Waals surface area contributed by atoms with Crippen LogP contribution in [0.5, 0.6) is 5.75 Å². The average molecular weight is 298 g/mol. The summed E-state index contributed by atoms with van der Waals surface area (Å²) in [4.78, 5) is 22.7. The van der Waals surface area contributed by atoms with E-state index in [1.54, 1.807) is 25.3 Å². The monoisotopic (exact) mass is 298 g/mol. The van der Waals surface area contributed by atoms with E-state index in [0.717, 1.165) is 5.56 Å². The standard InChI is InChI=1S/C17H14O5/c1-21-15-7-2-4-12(10-15)8-9-22-17(20)14-6-3-5-13(11-14)16(18)19/h2-11H,1H3,(H,18,19). The molecule has 0 saturated carbocycles. The Kier molecular flexibility index (Phi) is 4.93. The summed E-state index contributed by atoms with van der Waals surface area (Å²) in [5.41, 5.74) is 1.02. The van der Waals surface area contributed by atoms with Gasteiger partial charge in [-0.2, -0.15) is 0 Å². The molecule has 0 bridgehead atoms. The van der Waals surface area contributed by atoms with Crippen LogP contribution < -0.4 is 4.74 Å². The molecular formula is C17H14O5. The highest BCUT2D eigenvalue weighted by Gasteiger charge is 2.09. The molecule has 0 saturated heterocycles. The van der Waals surface area contributed by atoms with Gasteiger partial charge in [0.05, 0.1) is 24.5 Å². The Labute approximate surface area is 127 Å². The number of rotatable bonds is 5. The van der Waals surface area contributed by atoms with Crippen LogP contribution in [-0.2, 0) is 4.74 Å². The van der Waals surface area contributed by atoms with Crippen LogP contribution in [0.4, 0.5) is 0 Å². The SMILES string of the molecule is COc1cccc(C=COC(=O)c2cccc(C(=O)O)c2)c1. The highest BCUT2D eigenvalue weighted by molar-refractivity contribution is 5.94. The second-order valence-corrected chi connectivity index (χ2v) is 4.37. The van der Waals surface area contributed by atoms with Gasteiger partial charge in [0.15, 0.2) is 0 Å². The zero-order chi connectivity index (χ0) is 15.9. The molecule has 5 heteroatoms. The van der Waals surface area contributed by atoms with Gasteiger partial charge < -0.3 is 14.6 Å². The highest BCUT2D eigenvalue weighted by Crippen LogP contribution is 2.14. The second kappa shape index (κ2) is 7.08. The Hall–Kier alpha value is -3.08. The number of hydrogen-bond acceptors (Lipinski definition) is 4. The molecule has 0 amide bonds. The first-order chi connectivity index (χ1) is 10.6. The molecule has 0 heterocycles. The number of carbonyl (C=O) groups excluding carboxylic acids is 1. The largest absolute Gasteiger partial charge is 0.497 e. The molecule has 112 valence electrons. The van der Waals surface area contributed by atoms with E-state index < -0.39 is 11.9 Å². The zero-order valence-corrected chi connectivity index (χ0v) is 11.9. The Balaban J connectivity index is 2.04. The minimum atomic E-state index is -1.10. The molecule has 0 atom stereocenters. The number of ether oxygens (including phenoxy) is 2. The van der Waals surface area contributed by atoms with Crippen LogP contribution in [-0.4, -0.2) is 24.2 Å². The quantitative estimate of drug-likeness (QED) is 0.677. The van der Waals surface area contributed by atoms with Crippen LogP contribution in [0.15, 0.2) is 54.8 Å². The van der Waals surface area contributed by atoms with Crippen LogP contribution in [0.1, 0.15) is 26.3 Å². The molecule has 1 N–H and O–H groups in total. The van der Waals surface area contributed by atoms with Crippen molar-refractivity contribution < 1.29 is 24.2 Å². The van der Waals surface area contributed by atoms with Gasteiger partial charge in [-0.1, -0.05) is 18.2 Å². The summed E-state index contributed by atoms with van der Waals surface area (Å²) in [6, 6.07) is 12.9. The lowest BCUT2D eigenvalue weighted by molar-refractivity contribution is 0.0665. The summed E-state index contributed by atoms with van der Waals surface area (Å²) in [6.07, 6.45) is 2.87. The molecule has 0 fully saturated rings. The fourth-order valence-electron chi connectivity index (χ4n) is 1.77. The van der Waals surface area contributed by atoms with Gasteiger partial charge in [-0.3, -0.25) is 0 Å². The van der Waals surface area contributed by atoms with Crippen molar-refractivity contribution in [2.45, 2.75) is 0 Å². The molecule has 0 aliphatic heterocycles. The third-order valence-corrected chi connectivity index (χ3v) is 2.87. The Bertz CT molecular complexity index is 718. The summed E-state index contributed by atoms with van der Waals surface area (Å²) < 4.78 is 10.1. The molecule has 22 heavy (non-hydrogen) atoms. The number of benzene rings is 2. The fourth-order valence-corrected chi connectivity index (χ4v) is 1.77. The van der Waals surface area contributed by atoms with Gasteiger partial charge >= 0.3 is 11.9 Å². The molecule has 2 aromatic rings. The Morgan fingerprint density at radius 2 is 1.77 bits per heavy atom. The number of carboxylic acid groups (broad SMARTS) is 1. The van der Waals surface area contributed by atoms with E-state index in [9.17, 15) is 9.59 Å². The van der Waals surface area contributed by atoms with E-state index >= 15 is 0 Å². The van der Waals surface area contributed by atoms with E-state index in [1.165, 1.54) is 30.5 Å². The van der Waals surface area contributed by atoms with E-state index in [0.29, 0.717) is 5.75 Å². The topological polar surface area (TPSA) is 72.8 Å². The number of aromatic carboxylic acids is 1. The predicted octanol–water partition coefficient (Wildman–Crippen LogP) is 3.22. The molecular weight excluding hydrogens is 284 g/mol. The van der Waals surface area contributed by atoms with Crippen molar-refractivity contribution in [1.82, 2.24) is 0 Å². The number of carboxylic acids is 1. The third kappa shape index (κ3) is 3.96. The molecule has 0 aromatic heterocycles. The maximum atomic E-state index is 11.8. The summed E-state index contributed by atoms with van der Waals surface area (Å²) in [5, 5.41) is 8.89. The second-order valence-electron chi connectivity index (χ2n) is 4.37. The first-order valence-corrected chi connectivity index (χ1v) is 6.45. The van der Waals surface area contributed by atoms with Gasteiger partial charge in [0, 0.05) is 0 Å². The number of hydrogen-bond donors (Lipinski definition) is 1. The predicted molar refractivity (Wildman–Crippen MR) is 80.8 cm³/mol. The average Bonchev–Trinajstić information content (AvgIpc) is 2.55. The lowest BCUT2D eigenvalue weighted by atomic mass is 10.1. The van der Waals surface area contributed by atoms with Crippen molar-refractivity contribution in [3.8, 4) is 5.75 Å². The Morgan fingerprint density at radius 3 is 2.50 bits per heavy atom. The maximum absolute atomic E-state index is 11.8. The minimum absolute atomic E-state index is 0.0335. The lowest BCUT2D eigenvalue weighted by Crippen LogP contribution is -2.03. The van der Waals surface area contributed by atoms with Gasteiger partial charge in [0.2, 0.25) is 0 Å². The fraction of sp³-hybridized carbons (Fsp3) is 0.0588. The Morgan fingerprint density at radius 1 is 1.05 bits per heavy atom.